The number of hydrogen-bond acceptors (Lipinski definition) is 6. The van der Waals surface area contributed by atoms with Gasteiger partial charge in [0.1, 0.15) is 5.60 Å². The normalized spacial score (nSPS) is 18.2. The first-order chi connectivity index (χ1) is 15.4. The van der Waals surface area contributed by atoms with Crippen LogP contribution in [0.5, 0.6) is 0 Å². The van der Waals surface area contributed by atoms with Gasteiger partial charge in [-0.05, 0) is 36.2 Å². The summed E-state index contributed by atoms with van der Waals surface area (Å²) < 4.78 is 23.3. The van der Waals surface area contributed by atoms with E-state index >= 15 is 0 Å². The van der Waals surface area contributed by atoms with Gasteiger partial charge in [0.25, 0.3) is 0 Å². The van der Waals surface area contributed by atoms with Gasteiger partial charge < -0.3 is 10.0 Å². The highest BCUT2D eigenvalue weighted by Gasteiger charge is 2.55. The number of aromatic amines is 1. The number of nitrogens with one attached hydrogen (secondary N) is 1. The van der Waals surface area contributed by atoms with Crippen molar-refractivity contribution in [3.8, 4) is 11.3 Å². The number of sulfone groups is 1. The summed E-state index contributed by atoms with van der Waals surface area (Å²) in [6.45, 7) is 7.91. The molecular formula is C25H32N4O3S. The maximum Gasteiger partial charge on any atom is 0.153 e. The van der Waals surface area contributed by atoms with Crippen LogP contribution in [-0.2, 0) is 21.2 Å². The van der Waals surface area contributed by atoms with E-state index < -0.39 is 20.9 Å². The number of nitrogens with zero attached hydrogens (tertiary/aromatic N) is 3. The number of pyridine rings is 1. The number of rotatable bonds is 7. The smallest absolute Gasteiger partial charge is 0.153 e. The zero-order valence-electron chi connectivity index (χ0n) is 19.8. The van der Waals surface area contributed by atoms with Crippen molar-refractivity contribution < 1.29 is 13.5 Å². The Bertz CT molecular complexity index is 1240. The molecule has 2 N–H and O–H groups in total. The van der Waals surface area contributed by atoms with Crippen LogP contribution in [0.4, 0.5) is 0 Å². The van der Waals surface area contributed by atoms with Crippen LogP contribution in [-0.4, -0.2) is 60.0 Å². The fraction of sp³-hybridized carbons (Fsp3) is 0.440. The topological polar surface area (TPSA) is 99.2 Å². The van der Waals surface area contributed by atoms with Crippen molar-refractivity contribution in [2.24, 2.45) is 5.41 Å². The Labute approximate surface area is 195 Å². The Morgan fingerprint density at radius 1 is 1.15 bits per heavy atom. The van der Waals surface area contributed by atoms with E-state index in [1.54, 1.807) is 18.5 Å². The minimum atomic E-state index is -3.18. The van der Waals surface area contributed by atoms with E-state index in [4.69, 9.17) is 0 Å². The Balaban J connectivity index is 1.77. The first kappa shape index (κ1) is 23.6. The minimum absolute atomic E-state index is 0.107. The molecule has 0 unspecified atom stereocenters. The molecule has 0 amide bonds. The summed E-state index contributed by atoms with van der Waals surface area (Å²) in [6.07, 6.45) is 4.59. The number of aromatic nitrogens is 3. The third-order valence-corrected chi connectivity index (χ3v) is 7.44. The van der Waals surface area contributed by atoms with E-state index in [2.05, 4.69) is 53.0 Å². The molecule has 1 aromatic carbocycles. The van der Waals surface area contributed by atoms with Gasteiger partial charge in [0.2, 0.25) is 0 Å². The highest BCUT2D eigenvalue weighted by Crippen LogP contribution is 2.50. The number of H-pyrrole nitrogens is 1. The second-order valence-corrected chi connectivity index (χ2v) is 12.2. The van der Waals surface area contributed by atoms with Crippen molar-refractivity contribution >= 4 is 9.84 Å². The van der Waals surface area contributed by atoms with E-state index in [1.807, 2.05) is 25.2 Å². The van der Waals surface area contributed by atoms with E-state index in [-0.39, 0.29) is 5.75 Å². The lowest BCUT2D eigenvalue weighted by Gasteiger charge is -2.55. The average molecular weight is 469 g/mol. The molecule has 1 fully saturated rings. The molecule has 1 atom stereocenters. The molecule has 0 radical (unpaired) electrons. The predicted molar refractivity (Wildman–Crippen MR) is 130 cm³/mol. The standard InChI is InChI=1S/C25H32N4O3S/c1-17(2)18-6-8-20(9-7-18)25(30,24(3)15-29(4)16-24)21-10-19(12-26-13-21)23-11-22(27-28-23)14-33(5,31)32/h6-13,17,30H,14-16H2,1-5H3,(H,27,28)/t25-/m0/s1. The minimum Gasteiger partial charge on any atom is -0.380 e. The Morgan fingerprint density at radius 3 is 2.39 bits per heavy atom. The second kappa shape index (κ2) is 8.34. The Hall–Kier alpha value is -2.55. The first-order valence-corrected chi connectivity index (χ1v) is 13.2. The van der Waals surface area contributed by atoms with Gasteiger partial charge in [-0.3, -0.25) is 10.1 Å². The SMILES string of the molecule is CC(C)c1ccc([C@](O)(c2cncc(-c3cc(CS(C)(=O)=O)[nH]n3)c2)C2(C)CN(C)C2)cc1. The lowest BCUT2D eigenvalue weighted by molar-refractivity contribution is -0.127. The fourth-order valence-corrected chi connectivity index (χ4v) is 5.70. The summed E-state index contributed by atoms with van der Waals surface area (Å²) in [5.41, 5.74) is 2.94. The van der Waals surface area contributed by atoms with Gasteiger partial charge in [-0.25, -0.2) is 8.42 Å². The molecule has 0 saturated carbocycles. The maximum absolute atomic E-state index is 12.3. The van der Waals surface area contributed by atoms with Crippen molar-refractivity contribution in [2.45, 2.75) is 38.0 Å². The van der Waals surface area contributed by atoms with Gasteiger partial charge in [0.05, 0.1) is 17.1 Å². The third kappa shape index (κ3) is 4.47. The second-order valence-electron chi connectivity index (χ2n) is 10.0. The molecule has 176 valence electrons. The molecule has 1 aliphatic heterocycles. The number of hydrogen-bond donors (Lipinski definition) is 2. The van der Waals surface area contributed by atoms with Crippen LogP contribution in [0.2, 0.25) is 0 Å². The summed E-state index contributed by atoms with van der Waals surface area (Å²) in [5.74, 6) is 0.298. The molecule has 0 aliphatic carbocycles. The van der Waals surface area contributed by atoms with Gasteiger partial charge in [-0.2, -0.15) is 5.10 Å². The average Bonchev–Trinajstić information content (AvgIpc) is 3.19. The van der Waals surface area contributed by atoms with Crippen molar-refractivity contribution in [1.29, 1.82) is 0 Å². The molecule has 8 heteroatoms. The number of aliphatic hydroxyl groups is 1. The molecule has 0 spiro atoms. The van der Waals surface area contributed by atoms with Crippen LogP contribution >= 0.6 is 0 Å². The first-order valence-electron chi connectivity index (χ1n) is 11.1. The fourth-order valence-electron chi connectivity index (χ4n) is 4.99. The summed E-state index contributed by atoms with van der Waals surface area (Å²) in [7, 11) is -1.13. The summed E-state index contributed by atoms with van der Waals surface area (Å²) >= 11 is 0. The van der Waals surface area contributed by atoms with E-state index in [0.717, 1.165) is 24.2 Å². The molecule has 7 nitrogen and oxygen atoms in total. The highest BCUT2D eigenvalue weighted by atomic mass is 32.2. The molecule has 2 aromatic heterocycles. The Morgan fingerprint density at radius 2 is 1.82 bits per heavy atom. The zero-order valence-corrected chi connectivity index (χ0v) is 20.6. The van der Waals surface area contributed by atoms with Gasteiger partial charge in [-0.15, -0.1) is 0 Å². The molecular weight excluding hydrogens is 436 g/mol. The third-order valence-electron chi connectivity index (χ3n) is 6.61. The maximum atomic E-state index is 12.3. The van der Waals surface area contributed by atoms with Crippen molar-refractivity contribution in [3.05, 3.63) is 71.2 Å². The van der Waals surface area contributed by atoms with E-state index in [1.165, 1.54) is 11.8 Å². The Kier molecular flexibility index (Phi) is 5.97. The van der Waals surface area contributed by atoms with Crippen molar-refractivity contribution in [1.82, 2.24) is 20.1 Å². The zero-order chi connectivity index (χ0) is 24.0. The summed E-state index contributed by atoms with van der Waals surface area (Å²) in [6, 6.07) is 11.8. The molecule has 1 aliphatic rings. The van der Waals surface area contributed by atoms with Crippen LogP contribution in [0.15, 0.2) is 48.8 Å². The molecule has 3 heterocycles. The quantitative estimate of drug-likeness (QED) is 0.552. The summed E-state index contributed by atoms with van der Waals surface area (Å²) in [4.78, 5) is 6.62. The predicted octanol–water partition coefficient (Wildman–Crippen LogP) is 3.33. The highest BCUT2D eigenvalue weighted by molar-refractivity contribution is 7.89. The van der Waals surface area contributed by atoms with E-state index in [9.17, 15) is 13.5 Å². The van der Waals surface area contributed by atoms with Gasteiger partial charge >= 0.3 is 0 Å². The monoisotopic (exact) mass is 468 g/mol. The molecule has 33 heavy (non-hydrogen) atoms. The van der Waals surface area contributed by atoms with Crippen LogP contribution in [0.25, 0.3) is 11.3 Å². The summed E-state index contributed by atoms with van der Waals surface area (Å²) in [5, 5.41) is 19.4. The molecule has 1 saturated heterocycles. The van der Waals surface area contributed by atoms with Crippen LogP contribution in [0.3, 0.4) is 0 Å². The van der Waals surface area contributed by atoms with Crippen molar-refractivity contribution in [3.63, 3.8) is 0 Å². The largest absolute Gasteiger partial charge is 0.380 e. The van der Waals surface area contributed by atoms with Crippen LogP contribution in [0.1, 0.15) is 49.1 Å². The van der Waals surface area contributed by atoms with E-state index in [0.29, 0.717) is 22.9 Å². The van der Waals surface area contributed by atoms with Gasteiger partial charge in [-0.1, -0.05) is 45.0 Å². The lowest BCUT2D eigenvalue weighted by Crippen LogP contribution is -2.63. The van der Waals surface area contributed by atoms with Crippen molar-refractivity contribution in [2.75, 3.05) is 26.4 Å². The molecule has 4 rings (SSSR count). The van der Waals surface area contributed by atoms with Crippen LogP contribution < -0.4 is 0 Å². The number of benzene rings is 1. The molecule has 3 aromatic rings. The van der Waals surface area contributed by atoms with Gasteiger partial charge in [0, 0.05) is 48.3 Å². The lowest BCUT2D eigenvalue weighted by atomic mass is 9.62. The van der Waals surface area contributed by atoms with Crippen LogP contribution in [0, 0.1) is 5.41 Å². The van der Waals surface area contributed by atoms with Gasteiger partial charge in [0.15, 0.2) is 9.84 Å². The number of likely N-dealkylation sites (tertiary alicyclic amines) is 1. The molecule has 0 bridgehead atoms.